The molecule has 0 spiro atoms. The van der Waals surface area contributed by atoms with Gasteiger partial charge in [-0.2, -0.15) is 0 Å². The highest BCUT2D eigenvalue weighted by atomic mass is 16.2. The second-order valence-electron chi connectivity index (χ2n) is 6.68. The Bertz CT molecular complexity index is 249. The van der Waals surface area contributed by atoms with Gasteiger partial charge in [0, 0.05) is 25.6 Å². The number of hydrogen-bond acceptors (Lipinski definition) is 2. The summed E-state index contributed by atoms with van der Waals surface area (Å²) in [6.07, 6.45) is 5.01. The molecule has 0 heterocycles. The fourth-order valence-electron chi connectivity index (χ4n) is 2.29. The van der Waals surface area contributed by atoms with E-state index in [0.717, 1.165) is 38.6 Å². The smallest absolute Gasteiger partial charge is 0.225 e. The minimum atomic E-state index is 0.222. The van der Waals surface area contributed by atoms with E-state index in [1.54, 1.807) is 0 Å². The predicted octanol–water partition coefficient (Wildman–Crippen LogP) is 2.40. The molecule has 3 heteroatoms. The molecule has 1 saturated carbocycles. The number of nitrogens with zero attached hydrogens (tertiary/aromatic N) is 1. The van der Waals surface area contributed by atoms with Gasteiger partial charge in [0.25, 0.3) is 0 Å². The molecule has 0 atom stereocenters. The lowest BCUT2D eigenvalue weighted by atomic mass is 9.85. The molecule has 100 valence electrons. The van der Waals surface area contributed by atoms with Crippen LogP contribution in [0.1, 0.15) is 52.9 Å². The van der Waals surface area contributed by atoms with Crippen LogP contribution in [-0.4, -0.2) is 30.4 Å². The summed E-state index contributed by atoms with van der Waals surface area (Å²) in [5, 5.41) is 0. The summed E-state index contributed by atoms with van der Waals surface area (Å²) >= 11 is 0. The SMILES string of the molecule is CN(CCC(C)(C)C)C(=O)C1CCC(N)CC1. The lowest BCUT2D eigenvalue weighted by Gasteiger charge is -2.30. The third-order valence-electron chi connectivity index (χ3n) is 3.69. The monoisotopic (exact) mass is 240 g/mol. The van der Waals surface area contributed by atoms with Crippen LogP contribution in [-0.2, 0) is 4.79 Å². The van der Waals surface area contributed by atoms with Crippen LogP contribution < -0.4 is 5.73 Å². The van der Waals surface area contributed by atoms with Crippen LogP contribution in [0.25, 0.3) is 0 Å². The zero-order valence-electron chi connectivity index (χ0n) is 11.8. The van der Waals surface area contributed by atoms with Crippen LogP contribution in [0.15, 0.2) is 0 Å². The molecule has 1 fully saturated rings. The molecule has 1 aliphatic rings. The summed E-state index contributed by atoms with van der Waals surface area (Å²) in [4.78, 5) is 14.1. The number of carbonyl (C=O) groups is 1. The van der Waals surface area contributed by atoms with E-state index in [2.05, 4.69) is 20.8 Å². The Morgan fingerprint density at radius 2 is 1.76 bits per heavy atom. The van der Waals surface area contributed by atoms with Gasteiger partial charge >= 0.3 is 0 Å². The second kappa shape index (κ2) is 5.85. The molecule has 0 unspecified atom stereocenters. The molecule has 0 saturated heterocycles. The van der Waals surface area contributed by atoms with Crippen LogP contribution in [0.3, 0.4) is 0 Å². The molecule has 0 aromatic rings. The molecule has 1 amide bonds. The normalized spacial score (nSPS) is 25.7. The fraction of sp³-hybridized carbons (Fsp3) is 0.929. The maximum Gasteiger partial charge on any atom is 0.225 e. The van der Waals surface area contributed by atoms with Gasteiger partial charge in [-0.15, -0.1) is 0 Å². The highest BCUT2D eigenvalue weighted by Crippen LogP contribution is 2.25. The molecule has 1 aliphatic carbocycles. The van der Waals surface area contributed by atoms with Crippen molar-refractivity contribution in [1.82, 2.24) is 4.90 Å². The lowest BCUT2D eigenvalue weighted by molar-refractivity contribution is -0.135. The Kier molecular flexibility index (Phi) is 4.99. The zero-order chi connectivity index (χ0) is 13.1. The van der Waals surface area contributed by atoms with E-state index >= 15 is 0 Å². The van der Waals surface area contributed by atoms with Crippen LogP contribution in [0.5, 0.6) is 0 Å². The topological polar surface area (TPSA) is 46.3 Å². The first-order chi connectivity index (χ1) is 7.79. The Morgan fingerprint density at radius 3 is 2.24 bits per heavy atom. The second-order valence-corrected chi connectivity index (χ2v) is 6.68. The fourth-order valence-corrected chi connectivity index (χ4v) is 2.29. The maximum absolute atomic E-state index is 12.2. The molecule has 3 nitrogen and oxygen atoms in total. The third kappa shape index (κ3) is 5.07. The van der Waals surface area contributed by atoms with E-state index in [1.165, 1.54) is 0 Å². The van der Waals surface area contributed by atoms with Gasteiger partial charge in [0.15, 0.2) is 0 Å². The molecule has 0 aromatic heterocycles. The first-order valence-corrected chi connectivity index (χ1v) is 6.80. The number of nitrogens with two attached hydrogens (primary N) is 1. The Balaban J connectivity index is 2.36. The van der Waals surface area contributed by atoms with Crippen molar-refractivity contribution >= 4 is 5.91 Å². The average molecular weight is 240 g/mol. The average Bonchev–Trinajstić information content (AvgIpc) is 2.25. The van der Waals surface area contributed by atoms with E-state index in [1.807, 2.05) is 11.9 Å². The Morgan fingerprint density at radius 1 is 1.24 bits per heavy atom. The van der Waals surface area contributed by atoms with Crippen molar-refractivity contribution in [2.24, 2.45) is 17.1 Å². The van der Waals surface area contributed by atoms with Gasteiger partial charge in [-0.3, -0.25) is 4.79 Å². The van der Waals surface area contributed by atoms with E-state index < -0.39 is 0 Å². The summed E-state index contributed by atoms with van der Waals surface area (Å²) in [6, 6.07) is 0.318. The predicted molar refractivity (Wildman–Crippen MR) is 71.6 cm³/mol. The zero-order valence-corrected chi connectivity index (χ0v) is 11.8. The molecule has 0 aromatic carbocycles. The van der Waals surface area contributed by atoms with Crippen molar-refractivity contribution < 1.29 is 4.79 Å². The lowest BCUT2D eigenvalue weighted by Crippen LogP contribution is -2.38. The first-order valence-electron chi connectivity index (χ1n) is 6.80. The molecule has 1 rings (SSSR count). The summed E-state index contributed by atoms with van der Waals surface area (Å²) in [5.74, 6) is 0.543. The van der Waals surface area contributed by atoms with E-state index in [9.17, 15) is 4.79 Å². The van der Waals surface area contributed by atoms with Gasteiger partial charge in [0.1, 0.15) is 0 Å². The highest BCUT2D eigenvalue weighted by Gasteiger charge is 2.27. The summed E-state index contributed by atoms with van der Waals surface area (Å²) in [5.41, 5.74) is 6.16. The third-order valence-corrected chi connectivity index (χ3v) is 3.69. The quantitative estimate of drug-likeness (QED) is 0.823. The maximum atomic E-state index is 12.2. The van der Waals surface area contributed by atoms with Gasteiger partial charge in [-0.05, 0) is 37.5 Å². The van der Waals surface area contributed by atoms with E-state index in [-0.39, 0.29) is 5.92 Å². The number of amides is 1. The number of hydrogen-bond donors (Lipinski definition) is 1. The van der Waals surface area contributed by atoms with Crippen LogP contribution in [0.2, 0.25) is 0 Å². The van der Waals surface area contributed by atoms with Crippen molar-refractivity contribution in [3.05, 3.63) is 0 Å². The van der Waals surface area contributed by atoms with Crippen molar-refractivity contribution in [3.63, 3.8) is 0 Å². The number of carbonyl (C=O) groups excluding carboxylic acids is 1. The van der Waals surface area contributed by atoms with Gasteiger partial charge in [-0.1, -0.05) is 20.8 Å². The standard InChI is InChI=1S/C14H28N2O/c1-14(2,3)9-10-16(4)13(17)11-5-7-12(15)8-6-11/h11-12H,5-10,15H2,1-4H3. The summed E-state index contributed by atoms with van der Waals surface area (Å²) in [6.45, 7) is 7.51. The minimum absolute atomic E-state index is 0.222. The van der Waals surface area contributed by atoms with E-state index in [4.69, 9.17) is 5.73 Å². The van der Waals surface area contributed by atoms with Gasteiger partial charge in [-0.25, -0.2) is 0 Å². The molecule has 0 bridgehead atoms. The van der Waals surface area contributed by atoms with Gasteiger partial charge < -0.3 is 10.6 Å². The van der Waals surface area contributed by atoms with Crippen molar-refractivity contribution in [2.45, 2.75) is 58.9 Å². The Labute approximate surface area is 106 Å². The summed E-state index contributed by atoms with van der Waals surface area (Å²) in [7, 11) is 1.93. The molecular weight excluding hydrogens is 212 g/mol. The van der Waals surface area contributed by atoms with Gasteiger partial charge in [0.05, 0.1) is 0 Å². The van der Waals surface area contributed by atoms with Crippen LogP contribution in [0, 0.1) is 11.3 Å². The van der Waals surface area contributed by atoms with Crippen LogP contribution in [0.4, 0.5) is 0 Å². The van der Waals surface area contributed by atoms with Crippen molar-refractivity contribution in [1.29, 1.82) is 0 Å². The molecule has 0 radical (unpaired) electrons. The van der Waals surface area contributed by atoms with Crippen molar-refractivity contribution in [3.8, 4) is 0 Å². The van der Waals surface area contributed by atoms with Crippen molar-refractivity contribution in [2.75, 3.05) is 13.6 Å². The first kappa shape index (κ1) is 14.5. The Hall–Kier alpha value is -0.570. The molecule has 0 aliphatic heterocycles. The largest absolute Gasteiger partial charge is 0.346 e. The molecule has 17 heavy (non-hydrogen) atoms. The number of rotatable bonds is 3. The van der Waals surface area contributed by atoms with Crippen LogP contribution >= 0.6 is 0 Å². The van der Waals surface area contributed by atoms with E-state index in [0.29, 0.717) is 17.4 Å². The molecular formula is C14H28N2O. The highest BCUT2D eigenvalue weighted by molar-refractivity contribution is 5.78. The summed E-state index contributed by atoms with van der Waals surface area (Å²) < 4.78 is 0. The minimum Gasteiger partial charge on any atom is -0.346 e. The molecule has 2 N–H and O–H groups in total. The van der Waals surface area contributed by atoms with Gasteiger partial charge in [0.2, 0.25) is 5.91 Å².